The Bertz CT molecular complexity index is 752. The lowest BCUT2D eigenvalue weighted by atomic mass is 10.3. The van der Waals surface area contributed by atoms with Crippen molar-refractivity contribution in [3.05, 3.63) is 57.8 Å². The van der Waals surface area contributed by atoms with E-state index in [1.807, 2.05) is 47.0 Å². The molecule has 0 bridgehead atoms. The fourth-order valence-corrected chi connectivity index (χ4v) is 2.94. The van der Waals surface area contributed by atoms with Gasteiger partial charge in [0.15, 0.2) is 0 Å². The number of nitrogens with zero attached hydrogens (tertiary/aromatic N) is 2. The average Bonchev–Trinajstić information content (AvgIpc) is 2.78. The molecule has 0 aliphatic carbocycles. The van der Waals surface area contributed by atoms with Crippen molar-refractivity contribution in [2.24, 2.45) is 0 Å². The predicted octanol–water partition coefficient (Wildman–Crippen LogP) is 5.18. The molecule has 0 saturated carbocycles. The zero-order valence-corrected chi connectivity index (χ0v) is 12.9. The van der Waals surface area contributed by atoms with Crippen molar-refractivity contribution < 1.29 is 0 Å². The van der Waals surface area contributed by atoms with Crippen LogP contribution in [0.3, 0.4) is 0 Å². The zero-order chi connectivity index (χ0) is 13.4. The number of rotatable bonds is 2. The highest BCUT2D eigenvalue weighted by Gasteiger charge is 2.14. The quantitative estimate of drug-likeness (QED) is 0.579. The summed E-state index contributed by atoms with van der Waals surface area (Å²) < 4.78 is 2.99. The minimum Gasteiger partial charge on any atom is -0.294 e. The first-order chi connectivity index (χ1) is 9.20. The van der Waals surface area contributed by atoms with Gasteiger partial charge in [0, 0.05) is 10.2 Å². The van der Waals surface area contributed by atoms with Gasteiger partial charge in [-0.1, -0.05) is 39.7 Å². The van der Waals surface area contributed by atoms with E-state index < -0.39 is 0 Å². The molecule has 19 heavy (non-hydrogen) atoms. The minimum atomic E-state index is 0.331. The number of hydrogen-bond donors (Lipinski definition) is 0. The molecule has 5 heteroatoms. The highest BCUT2D eigenvalue weighted by atomic mass is 79.9. The van der Waals surface area contributed by atoms with Gasteiger partial charge in [-0.2, -0.15) is 0 Å². The van der Waals surface area contributed by atoms with E-state index in [0.29, 0.717) is 10.9 Å². The Kier molecular flexibility index (Phi) is 3.52. The molecule has 0 radical (unpaired) electrons. The van der Waals surface area contributed by atoms with Crippen LogP contribution in [-0.4, -0.2) is 9.55 Å². The Balaban J connectivity index is 2.38. The van der Waals surface area contributed by atoms with Gasteiger partial charge in [0.2, 0.25) is 0 Å². The standard InChI is InChI=1S/C14H9BrCl2N2/c15-9-3-1-4-10(7-9)19-13(8-16)18-12-6-2-5-11(17)14(12)19/h1-7H,8H2. The van der Waals surface area contributed by atoms with Crippen LogP contribution in [-0.2, 0) is 5.88 Å². The van der Waals surface area contributed by atoms with Gasteiger partial charge in [-0.05, 0) is 30.3 Å². The molecule has 0 N–H and O–H groups in total. The van der Waals surface area contributed by atoms with Crippen molar-refractivity contribution in [2.75, 3.05) is 0 Å². The largest absolute Gasteiger partial charge is 0.294 e. The minimum absolute atomic E-state index is 0.331. The summed E-state index contributed by atoms with van der Waals surface area (Å²) in [4.78, 5) is 4.53. The summed E-state index contributed by atoms with van der Waals surface area (Å²) in [5.41, 5.74) is 2.72. The molecule has 0 spiro atoms. The number of fused-ring (bicyclic) bond motifs is 1. The summed E-state index contributed by atoms with van der Waals surface area (Å²) >= 11 is 15.8. The number of aromatic nitrogens is 2. The van der Waals surface area contributed by atoms with E-state index in [2.05, 4.69) is 20.9 Å². The van der Waals surface area contributed by atoms with Crippen molar-refractivity contribution in [3.8, 4) is 5.69 Å². The van der Waals surface area contributed by atoms with Crippen LogP contribution in [0.4, 0.5) is 0 Å². The van der Waals surface area contributed by atoms with Gasteiger partial charge in [-0.3, -0.25) is 4.57 Å². The molecule has 0 saturated heterocycles. The molecular weight excluding hydrogens is 347 g/mol. The topological polar surface area (TPSA) is 17.8 Å². The van der Waals surface area contributed by atoms with Gasteiger partial charge in [-0.25, -0.2) is 4.98 Å². The van der Waals surface area contributed by atoms with E-state index in [9.17, 15) is 0 Å². The number of hydrogen-bond acceptors (Lipinski definition) is 1. The maximum atomic E-state index is 6.31. The second-order valence-corrected chi connectivity index (χ2v) is 5.67. The van der Waals surface area contributed by atoms with Gasteiger partial charge < -0.3 is 0 Å². The average molecular weight is 356 g/mol. The van der Waals surface area contributed by atoms with E-state index in [1.54, 1.807) is 0 Å². The molecule has 0 fully saturated rings. The van der Waals surface area contributed by atoms with Crippen molar-refractivity contribution in [2.45, 2.75) is 5.88 Å². The molecule has 96 valence electrons. The normalized spacial score (nSPS) is 11.1. The van der Waals surface area contributed by atoms with E-state index >= 15 is 0 Å². The number of para-hydroxylation sites is 1. The van der Waals surface area contributed by atoms with Gasteiger partial charge in [0.05, 0.1) is 21.9 Å². The zero-order valence-electron chi connectivity index (χ0n) is 9.78. The molecule has 2 nitrogen and oxygen atoms in total. The predicted molar refractivity (Wildman–Crippen MR) is 83.3 cm³/mol. The maximum Gasteiger partial charge on any atom is 0.129 e. The van der Waals surface area contributed by atoms with Gasteiger partial charge in [-0.15, -0.1) is 11.6 Å². The van der Waals surface area contributed by atoms with E-state index in [4.69, 9.17) is 23.2 Å². The molecule has 1 aromatic heterocycles. The third kappa shape index (κ3) is 2.27. The van der Waals surface area contributed by atoms with Gasteiger partial charge in [0.25, 0.3) is 0 Å². The lowest BCUT2D eigenvalue weighted by Crippen LogP contribution is -1.99. The second-order valence-electron chi connectivity index (χ2n) is 4.08. The lowest BCUT2D eigenvalue weighted by molar-refractivity contribution is 0.981. The van der Waals surface area contributed by atoms with Gasteiger partial charge in [0.1, 0.15) is 5.82 Å². The molecule has 2 aromatic carbocycles. The van der Waals surface area contributed by atoms with Gasteiger partial charge >= 0.3 is 0 Å². The molecular formula is C14H9BrCl2N2. The first-order valence-electron chi connectivity index (χ1n) is 5.68. The Morgan fingerprint density at radius 3 is 2.68 bits per heavy atom. The number of halogens is 3. The fraction of sp³-hybridized carbons (Fsp3) is 0.0714. The maximum absolute atomic E-state index is 6.31. The molecule has 0 atom stereocenters. The third-order valence-electron chi connectivity index (χ3n) is 2.88. The first-order valence-corrected chi connectivity index (χ1v) is 7.39. The summed E-state index contributed by atoms with van der Waals surface area (Å²) in [6, 6.07) is 13.7. The van der Waals surface area contributed by atoms with E-state index in [0.717, 1.165) is 27.0 Å². The molecule has 0 aliphatic heterocycles. The van der Waals surface area contributed by atoms with Crippen LogP contribution in [0.15, 0.2) is 46.9 Å². The number of alkyl halides is 1. The molecule has 0 unspecified atom stereocenters. The second kappa shape index (κ2) is 5.16. The summed E-state index contributed by atoms with van der Waals surface area (Å²) in [6.07, 6.45) is 0. The summed E-state index contributed by atoms with van der Waals surface area (Å²) in [6.45, 7) is 0. The Hall–Kier alpha value is -1.03. The Morgan fingerprint density at radius 1 is 1.16 bits per heavy atom. The number of imidazole rings is 1. The summed E-state index contributed by atoms with van der Waals surface area (Å²) in [5.74, 6) is 1.11. The molecule has 3 aromatic rings. The van der Waals surface area contributed by atoms with Crippen LogP contribution in [0.2, 0.25) is 5.02 Å². The van der Waals surface area contributed by atoms with E-state index in [1.165, 1.54) is 0 Å². The monoisotopic (exact) mass is 354 g/mol. The summed E-state index contributed by atoms with van der Waals surface area (Å²) in [5, 5.41) is 0.668. The SMILES string of the molecule is ClCc1nc2cccc(Cl)c2n1-c1cccc(Br)c1. The first kappa shape index (κ1) is 13.0. The smallest absolute Gasteiger partial charge is 0.129 e. The van der Waals surface area contributed by atoms with Crippen molar-refractivity contribution in [1.29, 1.82) is 0 Å². The van der Waals surface area contributed by atoms with Crippen molar-refractivity contribution >= 4 is 50.2 Å². The highest BCUT2D eigenvalue weighted by molar-refractivity contribution is 9.10. The lowest BCUT2D eigenvalue weighted by Gasteiger charge is -2.09. The molecule has 1 heterocycles. The van der Waals surface area contributed by atoms with Crippen LogP contribution < -0.4 is 0 Å². The number of benzene rings is 2. The molecule has 3 rings (SSSR count). The van der Waals surface area contributed by atoms with Crippen molar-refractivity contribution in [1.82, 2.24) is 9.55 Å². The highest BCUT2D eigenvalue weighted by Crippen LogP contribution is 2.29. The van der Waals surface area contributed by atoms with Crippen LogP contribution >= 0.6 is 39.1 Å². The Morgan fingerprint density at radius 2 is 1.95 bits per heavy atom. The van der Waals surface area contributed by atoms with Crippen LogP contribution in [0.5, 0.6) is 0 Å². The fourth-order valence-electron chi connectivity index (χ4n) is 2.12. The Labute approximate surface area is 129 Å². The molecule has 0 aliphatic rings. The van der Waals surface area contributed by atoms with Crippen LogP contribution in [0, 0.1) is 0 Å². The molecule has 0 amide bonds. The van der Waals surface area contributed by atoms with Crippen LogP contribution in [0.1, 0.15) is 5.82 Å². The van der Waals surface area contributed by atoms with Crippen LogP contribution in [0.25, 0.3) is 16.7 Å². The van der Waals surface area contributed by atoms with E-state index in [-0.39, 0.29) is 0 Å². The summed E-state index contributed by atoms with van der Waals surface area (Å²) in [7, 11) is 0. The van der Waals surface area contributed by atoms with Crippen molar-refractivity contribution in [3.63, 3.8) is 0 Å². The third-order valence-corrected chi connectivity index (χ3v) is 3.92.